The second kappa shape index (κ2) is 12.5. The maximum absolute atomic E-state index is 12.6. The van der Waals surface area contributed by atoms with Gasteiger partial charge in [-0.15, -0.1) is 18.3 Å². The molecule has 220 valence electrons. The zero-order valence-electron chi connectivity index (χ0n) is 22.5. The molecule has 1 aliphatic heterocycles. The predicted molar refractivity (Wildman–Crippen MR) is 165 cm³/mol. The molecule has 0 spiro atoms. The zero-order chi connectivity index (χ0) is 30.7. The number of hydrogen-bond acceptors (Lipinski definition) is 7. The van der Waals surface area contributed by atoms with E-state index >= 15 is 0 Å². The van der Waals surface area contributed by atoms with Gasteiger partial charge in [0.05, 0.1) is 28.4 Å². The van der Waals surface area contributed by atoms with Gasteiger partial charge in [0.15, 0.2) is 11.0 Å². The molecule has 43 heavy (non-hydrogen) atoms. The van der Waals surface area contributed by atoms with Gasteiger partial charge in [-0.05, 0) is 79.2 Å². The van der Waals surface area contributed by atoms with Crippen molar-refractivity contribution in [2.24, 2.45) is 10.1 Å². The molecule has 1 aliphatic rings. The summed E-state index contributed by atoms with van der Waals surface area (Å²) in [5, 5.41) is 9.46. The minimum Gasteiger partial charge on any atom is -0.406 e. The number of nitrogens with zero attached hydrogens (tertiary/aromatic N) is 6. The van der Waals surface area contributed by atoms with Crippen molar-refractivity contribution >= 4 is 63.7 Å². The summed E-state index contributed by atoms with van der Waals surface area (Å²) < 4.78 is 42.5. The van der Waals surface area contributed by atoms with Crippen LogP contribution in [0.3, 0.4) is 0 Å². The number of nitrogens with one attached hydrogen (secondary N) is 1. The number of aromatic nitrogens is 3. The number of thioether (sulfide) groups is 1. The van der Waals surface area contributed by atoms with Gasteiger partial charge < -0.3 is 4.74 Å². The number of amides is 1. The molecule has 1 saturated heterocycles. The molecule has 0 aliphatic carbocycles. The summed E-state index contributed by atoms with van der Waals surface area (Å²) in [7, 11) is 0. The second-order valence-electron chi connectivity index (χ2n) is 9.15. The normalized spacial score (nSPS) is 14.6. The summed E-state index contributed by atoms with van der Waals surface area (Å²) >= 11 is 13.0. The van der Waals surface area contributed by atoms with Gasteiger partial charge in [-0.3, -0.25) is 15.1 Å². The van der Waals surface area contributed by atoms with E-state index in [2.05, 4.69) is 30.3 Å². The van der Waals surface area contributed by atoms with E-state index in [1.54, 1.807) is 30.5 Å². The Bertz CT molecular complexity index is 1740. The van der Waals surface area contributed by atoms with Gasteiger partial charge in [-0.1, -0.05) is 47.6 Å². The molecule has 1 N–H and O–H groups in total. The minimum atomic E-state index is -4.76. The summed E-state index contributed by atoms with van der Waals surface area (Å²) in [6.07, 6.45) is -1.75. The Morgan fingerprint density at radius 2 is 1.81 bits per heavy atom. The number of anilines is 1. The molecule has 0 atom stereocenters. The highest BCUT2D eigenvalue weighted by Crippen LogP contribution is 2.34. The first-order chi connectivity index (χ1) is 20.5. The molecule has 0 bridgehead atoms. The van der Waals surface area contributed by atoms with Gasteiger partial charge in [0.2, 0.25) is 11.0 Å². The highest BCUT2D eigenvalue weighted by molar-refractivity contribution is 8.15. The van der Waals surface area contributed by atoms with E-state index in [0.29, 0.717) is 27.4 Å². The first-order valence-electron chi connectivity index (χ1n) is 12.5. The van der Waals surface area contributed by atoms with Crippen LogP contribution in [0.15, 0.2) is 77.1 Å². The van der Waals surface area contributed by atoms with E-state index < -0.39 is 6.36 Å². The number of amidine groups is 1. The van der Waals surface area contributed by atoms with Crippen molar-refractivity contribution in [1.82, 2.24) is 20.2 Å². The number of rotatable bonds is 6. The quantitative estimate of drug-likeness (QED) is 0.147. The number of halogens is 4. The lowest BCUT2D eigenvalue weighted by Gasteiger charge is -2.19. The number of carbonyl (C=O) groups excluding carboxylic acids is 1. The lowest BCUT2D eigenvalue weighted by atomic mass is 10.1. The van der Waals surface area contributed by atoms with Crippen molar-refractivity contribution in [2.75, 3.05) is 10.7 Å². The Kier molecular flexibility index (Phi) is 8.80. The third-order valence-electron chi connectivity index (χ3n) is 6.14. The van der Waals surface area contributed by atoms with Gasteiger partial charge in [-0.2, -0.15) is 10.1 Å². The number of hydrogen-bond donors (Lipinski definition) is 1. The van der Waals surface area contributed by atoms with Crippen LogP contribution >= 0.6 is 35.6 Å². The molecule has 1 amide bonds. The second-order valence-corrected chi connectivity index (χ2v) is 10.9. The standard InChI is InChI=1S/C28H21ClF3N7O2S2/c1-16-11-22(29)23(12-17(16)2)39-24(40)14-43-27(39)35-26(42)36-34-13-18-3-5-19(6-4-18)25-33-15-38(37-25)20-7-9-21(10-8-20)41-28(30,31)32/h3-13,15H,14H2,1-2H3,(H,36,42)/b34-13+,35-27?. The summed E-state index contributed by atoms with van der Waals surface area (Å²) in [6, 6.07) is 16.2. The van der Waals surface area contributed by atoms with Crippen LogP contribution in [0.4, 0.5) is 18.9 Å². The van der Waals surface area contributed by atoms with Crippen molar-refractivity contribution in [3.05, 3.63) is 88.7 Å². The maximum atomic E-state index is 12.6. The fourth-order valence-electron chi connectivity index (χ4n) is 3.93. The molecule has 15 heteroatoms. The monoisotopic (exact) mass is 643 g/mol. The molecule has 1 fully saturated rings. The molecule has 0 radical (unpaired) electrons. The predicted octanol–water partition coefficient (Wildman–Crippen LogP) is 6.45. The van der Waals surface area contributed by atoms with Gasteiger partial charge in [0.25, 0.3) is 0 Å². The molecule has 4 aromatic rings. The van der Waals surface area contributed by atoms with Crippen LogP contribution in [0.25, 0.3) is 17.1 Å². The Labute approximate surface area is 258 Å². The summed E-state index contributed by atoms with van der Waals surface area (Å²) in [6.45, 7) is 3.89. The molecule has 1 aromatic heterocycles. The lowest BCUT2D eigenvalue weighted by molar-refractivity contribution is -0.274. The van der Waals surface area contributed by atoms with Crippen molar-refractivity contribution in [3.63, 3.8) is 0 Å². The number of aliphatic imine (C=N–C) groups is 1. The lowest BCUT2D eigenvalue weighted by Crippen LogP contribution is -2.31. The fraction of sp³-hybridized carbons (Fsp3) is 0.143. The van der Waals surface area contributed by atoms with E-state index in [9.17, 15) is 18.0 Å². The number of aryl methyl sites for hydroxylation is 2. The summed E-state index contributed by atoms with van der Waals surface area (Å²) in [5.74, 6) is 0.170. The van der Waals surface area contributed by atoms with Crippen LogP contribution in [0, 0.1) is 13.8 Å². The average Bonchev–Trinajstić information content (AvgIpc) is 3.58. The molecular weight excluding hydrogens is 623 g/mol. The van der Waals surface area contributed by atoms with Crippen LogP contribution in [-0.4, -0.2) is 49.3 Å². The molecule has 3 aromatic carbocycles. The Morgan fingerprint density at radius 3 is 2.51 bits per heavy atom. The van der Waals surface area contributed by atoms with Crippen LogP contribution in [-0.2, 0) is 4.79 Å². The SMILES string of the molecule is Cc1cc(Cl)c(N2C(=O)CSC2=NC(=S)N/N=C/c2ccc(-c3ncn(-c4ccc(OC(F)(F)F)cc4)n3)cc2)cc1C. The van der Waals surface area contributed by atoms with E-state index in [4.69, 9.17) is 23.8 Å². The molecular formula is C28H21ClF3N7O2S2. The Hall–Kier alpha value is -4.27. The summed E-state index contributed by atoms with van der Waals surface area (Å²) in [5.41, 5.74) is 7.25. The molecule has 0 unspecified atom stereocenters. The summed E-state index contributed by atoms with van der Waals surface area (Å²) in [4.78, 5) is 22.7. The van der Waals surface area contributed by atoms with Gasteiger partial charge >= 0.3 is 6.36 Å². The van der Waals surface area contributed by atoms with Crippen LogP contribution in [0.1, 0.15) is 16.7 Å². The van der Waals surface area contributed by atoms with E-state index in [-0.39, 0.29) is 22.5 Å². The highest BCUT2D eigenvalue weighted by Gasteiger charge is 2.32. The van der Waals surface area contributed by atoms with E-state index in [1.807, 2.05) is 26.0 Å². The Balaban J connectivity index is 1.21. The largest absolute Gasteiger partial charge is 0.573 e. The number of carbonyl (C=O) groups is 1. The molecule has 2 heterocycles. The van der Waals surface area contributed by atoms with Crippen molar-refractivity contribution in [3.8, 4) is 22.8 Å². The average molecular weight is 644 g/mol. The molecule has 5 rings (SSSR count). The zero-order valence-corrected chi connectivity index (χ0v) is 24.9. The smallest absolute Gasteiger partial charge is 0.406 e. The number of thiocarbonyl (C=S) groups is 1. The van der Waals surface area contributed by atoms with E-state index in [1.165, 1.54) is 51.9 Å². The number of benzene rings is 3. The van der Waals surface area contributed by atoms with Gasteiger partial charge in [-0.25, -0.2) is 9.67 Å². The Morgan fingerprint density at radius 1 is 1.12 bits per heavy atom. The van der Waals surface area contributed by atoms with Gasteiger partial charge in [0, 0.05) is 5.56 Å². The van der Waals surface area contributed by atoms with Crippen LogP contribution in [0.5, 0.6) is 5.75 Å². The molecule has 0 saturated carbocycles. The third kappa shape index (κ3) is 7.39. The first-order valence-corrected chi connectivity index (χ1v) is 14.3. The van der Waals surface area contributed by atoms with E-state index in [0.717, 1.165) is 22.3 Å². The third-order valence-corrected chi connectivity index (χ3v) is 7.54. The topological polar surface area (TPSA) is 97.0 Å². The van der Waals surface area contributed by atoms with Crippen LogP contribution < -0.4 is 15.1 Å². The highest BCUT2D eigenvalue weighted by atomic mass is 35.5. The van der Waals surface area contributed by atoms with Crippen molar-refractivity contribution in [1.29, 1.82) is 0 Å². The first kappa shape index (κ1) is 30.2. The van der Waals surface area contributed by atoms with Crippen molar-refractivity contribution < 1.29 is 22.7 Å². The maximum Gasteiger partial charge on any atom is 0.573 e. The number of alkyl halides is 3. The van der Waals surface area contributed by atoms with Crippen molar-refractivity contribution in [2.45, 2.75) is 20.2 Å². The fourth-order valence-corrected chi connectivity index (χ4v) is 5.30. The number of ether oxygens (including phenoxy) is 1. The molecule has 9 nitrogen and oxygen atoms in total. The van der Waals surface area contributed by atoms with Crippen LogP contribution in [0.2, 0.25) is 5.02 Å². The minimum absolute atomic E-state index is 0.0720. The number of hydrazone groups is 1. The van der Waals surface area contributed by atoms with Gasteiger partial charge in [0.1, 0.15) is 12.1 Å².